The third-order valence-electron chi connectivity index (χ3n) is 9.79. The second kappa shape index (κ2) is 11.6. The number of nitrogens with one attached hydrogen (secondary N) is 1. The lowest BCUT2D eigenvalue weighted by atomic mass is 9.73. The van der Waals surface area contributed by atoms with E-state index in [9.17, 15) is 27.6 Å². The molecule has 48 heavy (non-hydrogen) atoms. The van der Waals surface area contributed by atoms with Crippen molar-refractivity contribution < 1.29 is 32.2 Å². The predicted octanol–water partition coefficient (Wildman–Crippen LogP) is 5.78. The van der Waals surface area contributed by atoms with Crippen molar-refractivity contribution in [3.63, 3.8) is 0 Å². The van der Waals surface area contributed by atoms with Gasteiger partial charge in [0.05, 0.1) is 29.5 Å². The molecular weight excluding hydrogens is 653 g/mol. The number of rotatable bonds is 4. The van der Waals surface area contributed by atoms with Crippen LogP contribution in [0.5, 0.6) is 0 Å². The Bertz CT molecular complexity index is 1910. The minimum Gasteiger partial charge on any atom is -0.444 e. The SMILES string of the molecule is CC(C)(C)OC(=O)N1CCCC2(CC1)c1c(n(CC(=O)Nc3ccc(C(F)(F)F)cc3Cl)c3nc(C4=CCOCC4)nn3c1=O)C1CC12. The number of hydrogen-bond donors (Lipinski definition) is 1. The highest BCUT2D eigenvalue weighted by Crippen LogP contribution is 2.67. The van der Waals surface area contributed by atoms with E-state index < -0.39 is 28.7 Å². The van der Waals surface area contributed by atoms with Gasteiger partial charge < -0.3 is 24.3 Å². The van der Waals surface area contributed by atoms with Gasteiger partial charge in [-0.1, -0.05) is 17.7 Å². The zero-order valence-corrected chi connectivity index (χ0v) is 27.6. The Hall–Kier alpha value is -3.91. The van der Waals surface area contributed by atoms with Crippen LogP contribution in [0.3, 0.4) is 0 Å². The monoisotopic (exact) mass is 688 g/mol. The van der Waals surface area contributed by atoms with E-state index in [1.54, 1.807) is 9.47 Å². The highest BCUT2D eigenvalue weighted by Gasteiger charge is 2.63. The fraction of sp³-hybridized carbons (Fsp3) is 0.545. The first-order valence-electron chi connectivity index (χ1n) is 16.1. The van der Waals surface area contributed by atoms with Crippen LogP contribution in [0.4, 0.5) is 23.7 Å². The van der Waals surface area contributed by atoms with E-state index in [0.717, 1.165) is 35.9 Å². The van der Waals surface area contributed by atoms with Crippen LogP contribution in [0.15, 0.2) is 29.1 Å². The first kappa shape index (κ1) is 32.6. The van der Waals surface area contributed by atoms with E-state index in [1.807, 2.05) is 26.8 Å². The highest BCUT2D eigenvalue weighted by molar-refractivity contribution is 6.33. The number of nitrogens with zero attached hydrogens (tertiary/aromatic N) is 5. The molecule has 2 fully saturated rings. The zero-order chi connectivity index (χ0) is 34.2. The largest absolute Gasteiger partial charge is 0.444 e. The number of amides is 2. The Morgan fingerprint density at radius 1 is 1.19 bits per heavy atom. The normalized spacial score (nSPS) is 23.8. The molecule has 4 heterocycles. The van der Waals surface area contributed by atoms with Gasteiger partial charge in [0.1, 0.15) is 12.1 Å². The Balaban J connectivity index is 1.28. The molecule has 2 aromatic heterocycles. The quantitative estimate of drug-likeness (QED) is 0.369. The van der Waals surface area contributed by atoms with Gasteiger partial charge in [-0.3, -0.25) is 9.59 Å². The van der Waals surface area contributed by atoms with Crippen LogP contribution in [0.1, 0.15) is 81.4 Å². The van der Waals surface area contributed by atoms with Crippen molar-refractivity contribution in [3.05, 3.63) is 62.3 Å². The second-order valence-electron chi connectivity index (χ2n) is 14.0. The molecule has 2 aliphatic carbocycles. The van der Waals surface area contributed by atoms with Gasteiger partial charge in [0.25, 0.3) is 5.56 Å². The van der Waals surface area contributed by atoms with Crippen molar-refractivity contribution in [1.82, 2.24) is 24.1 Å². The van der Waals surface area contributed by atoms with Crippen LogP contribution < -0.4 is 10.9 Å². The van der Waals surface area contributed by atoms with Crippen molar-refractivity contribution in [2.45, 2.75) is 82.5 Å². The highest BCUT2D eigenvalue weighted by atomic mass is 35.5. The summed E-state index contributed by atoms with van der Waals surface area (Å²) in [6.07, 6.45) is 0.187. The third kappa shape index (κ3) is 5.76. The Kier molecular flexibility index (Phi) is 7.89. The summed E-state index contributed by atoms with van der Waals surface area (Å²) in [4.78, 5) is 47.5. The van der Waals surface area contributed by atoms with E-state index in [4.69, 9.17) is 26.1 Å². The average molecular weight is 689 g/mol. The standard InChI is InChI=1S/C33H36ClF3N6O5/c1-31(2,3)48-30(46)41-11-4-9-32(10-12-41)21-16-20(21)26-25(32)28(45)43-29(39-27(40-43)18-7-13-47-14-8-18)42(26)17-24(44)38-23-6-5-19(15-22(23)34)33(35,36)37/h5-7,15,20-21H,4,8-14,16-17H2,1-3H3,(H,38,44). The third-order valence-corrected chi connectivity index (χ3v) is 10.1. The summed E-state index contributed by atoms with van der Waals surface area (Å²) in [5, 5.41) is 7.03. The number of benzene rings is 1. The number of alkyl halides is 3. The number of carbonyl (C=O) groups excluding carboxylic acids is 2. The number of fused-ring (bicyclic) bond motifs is 6. The van der Waals surface area contributed by atoms with E-state index in [-0.39, 0.29) is 46.5 Å². The molecule has 256 valence electrons. The number of halogens is 4. The lowest BCUT2D eigenvalue weighted by Gasteiger charge is -2.31. The van der Waals surface area contributed by atoms with E-state index in [1.165, 1.54) is 4.52 Å². The van der Waals surface area contributed by atoms with Crippen LogP contribution in [-0.4, -0.2) is 68.0 Å². The van der Waals surface area contributed by atoms with Crippen LogP contribution in [0, 0.1) is 5.92 Å². The summed E-state index contributed by atoms with van der Waals surface area (Å²) in [7, 11) is 0. The lowest BCUT2D eigenvalue weighted by molar-refractivity contribution is -0.137. The van der Waals surface area contributed by atoms with Crippen LogP contribution in [0.25, 0.3) is 11.4 Å². The maximum Gasteiger partial charge on any atom is 0.416 e. The molecule has 1 saturated heterocycles. The second-order valence-corrected chi connectivity index (χ2v) is 14.4. The number of aromatic nitrogens is 4. The zero-order valence-electron chi connectivity index (χ0n) is 26.8. The molecular formula is C33H36ClF3N6O5. The first-order chi connectivity index (χ1) is 22.7. The molecule has 7 rings (SSSR count). The molecule has 2 aliphatic heterocycles. The molecule has 3 aromatic rings. The molecule has 1 saturated carbocycles. The number of hydrogen-bond acceptors (Lipinski definition) is 7. The Labute approximate surface area is 279 Å². The number of anilines is 1. The summed E-state index contributed by atoms with van der Waals surface area (Å²) in [5.41, 5.74) is -0.187. The van der Waals surface area contributed by atoms with E-state index in [0.29, 0.717) is 63.4 Å². The van der Waals surface area contributed by atoms with Gasteiger partial charge in [0, 0.05) is 35.7 Å². The van der Waals surface area contributed by atoms with Gasteiger partial charge in [-0.2, -0.15) is 22.7 Å². The molecule has 1 N–H and O–H groups in total. The van der Waals surface area contributed by atoms with E-state index >= 15 is 0 Å². The number of ether oxygens (including phenoxy) is 2. The van der Waals surface area contributed by atoms with Crippen molar-refractivity contribution in [2.75, 3.05) is 31.6 Å². The van der Waals surface area contributed by atoms with Gasteiger partial charge >= 0.3 is 12.3 Å². The Morgan fingerprint density at radius 2 is 1.98 bits per heavy atom. The molecule has 1 spiro atoms. The summed E-state index contributed by atoms with van der Waals surface area (Å²) < 4.78 is 53.7. The summed E-state index contributed by atoms with van der Waals surface area (Å²) in [6.45, 7) is 6.99. The summed E-state index contributed by atoms with van der Waals surface area (Å²) in [5.74, 6) is 0.200. The Morgan fingerprint density at radius 3 is 2.67 bits per heavy atom. The molecule has 0 bridgehead atoms. The molecule has 4 aliphatic rings. The summed E-state index contributed by atoms with van der Waals surface area (Å²) in [6, 6.07) is 2.74. The van der Waals surface area contributed by atoms with E-state index in [2.05, 4.69) is 10.4 Å². The van der Waals surface area contributed by atoms with Gasteiger partial charge in [-0.25, -0.2) is 4.79 Å². The summed E-state index contributed by atoms with van der Waals surface area (Å²) >= 11 is 6.15. The molecule has 1 aromatic carbocycles. The molecule has 11 nitrogen and oxygen atoms in total. The van der Waals surface area contributed by atoms with Crippen molar-refractivity contribution in [3.8, 4) is 0 Å². The smallest absolute Gasteiger partial charge is 0.416 e. The topological polar surface area (TPSA) is 120 Å². The first-order valence-corrected chi connectivity index (χ1v) is 16.5. The minimum absolute atomic E-state index is 0.00989. The minimum atomic E-state index is -4.59. The van der Waals surface area contributed by atoms with Crippen LogP contribution in [0.2, 0.25) is 5.02 Å². The maximum absolute atomic E-state index is 14.4. The van der Waals surface area contributed by atoms with Crippen molar-refractivity contribution in [1.29, 1.82) is 0 Å². The number of carbonyl (C=O) groups is 2. The van der Waals surface area contributed by atoms with Crippen molar-refractivity contribution >= 4 is 40.6 Å². The molecule has 2 amide bonds. The fourth-order valence-corrected chi connectivity index (χ4v) is 7.88. The van der Waals surface area contributed by atoms with Gasteiger partial charge in [-0.15, -0.1) is 5.10 Å². The molecule has 3 unspecified atom stereocenters. The number of likely N-dealkylation sites (tertiary alicyclic amines) is 1. The lowest BCUT2D eigenvalue weighted by Crippen LogP contribution is -2.40. The molecule has 15 heteroatoms. The van der Waals surface area contributed by atoms with Crippen molar-refractivity contribution in [2.24, 2.45) is 5.92 Å². The molecule has 3 atom stereocenters. The fourth-order valence-electron chi connectivity index (χ4n) is 7.65. The predicted molar refractivity (Wildman–Crippen MR) is 170 cm³/mol. The van der Waals surface area contributed by atoms with Gasteiger partial charge in [0.15, 0.2) is 5.82 Å². The van der Waals surface area contributed by atoms with Gasteiger partial charge in [0.2, 0.25) is 11.7 Å². The van der Waals surface area contributed by atoms with Crippen LogP contribution >= 0.6 is 11.6 Å². The van der Waals surface area contributed by atoms with Crippen LogP contribution in [-0.2, 0) is 32.4 Å². The molecule has 0 radical (unpaired) electrons. The average Bonchev–Trinajstić information content (AvgIpc) is 3.66. The van der Waals surface area contributed by atoms with Gasteiger partial charge in [-0.05, 0) is 82.6 Å². The maximum atomic E-state index is 14.4.